The van der Waals surface area contributed by atoms with Crippen LogP contribution in [0.4, 0.5) is 0 Å². The second-order valence-corrected chi connectivity index (χ2v) is 5.04. The molecule has 0 heterocycles. The first kappa shape index (κ1) is 13.6. The van der Waals surface area contributed by atoms with Gasteiger partial charge in [-0.2, -0.15) is 0 Å². The molecule has 1 aliphatic carbocycles. The summed E-state index contributed by atoms with van der Waals surface area (Å²) in [6, 6.07) is 6.09. The van der Waals surface area contributed by atoms with Gasteiger partial charge in [0.1, 0.15) is 0 Å². The van der Waals surface area contributed by atoms with Gasteiger partial charge in [-0.1, -0.05) is 11.8 Å². The monoisotopic (exact) mass is 256 g/mol. The topological polar surface area (TPSA) is 46.3 Å². The SMILES string of the molecule is Cc1cc(C(=O)N(C)C2CCC2)ccc1C#CCN. The normalized spacial score (nSPS) is 14.3. The fourth-order valence-electron chi connectivity index (χ4n) is 2.23. The predicted molar refractivity (Wildman–Crippen MR) is 76.8 cm³/mol. The molecule has 0 bridgehead atoms. The maximum absolute atomic E-state index is 12.3. The van der Waals surface area contributed by atoms with Gasteiger partial charge in [0, 0.05) is 24.2 Å². The molecule has 1 aliphatic rings. The van der Waals surface area contributed by atoms with Crippen molar-refractivity contribution in [1.29, 1.82) is 0 Å². The van der Waals surface area contributed by atoms with Crippen molar-refractivity contribution in [3.8, 4) is 11.8 Å². The molecule has 0 aromatic heterocycles. The summed E-state index contributed by atoms with van der Waals surface area (Å²) in [6.45, 7) is 2.32. The van der Waals surface area contributed by atoms with Crippen LogP contribution in [0.25, 0.3) is 0 Å². The number of amides is 1. The van der Waals surface area contributed by atoms with E-state index in [9.17, 15) is 4.79 Å². The van der Waals surface area contributed by atoms with E-state index in [0.29, 0.717) is 12.6 Å². The average Bonchev–Trinajstić information content (AvgIpc) is 2.34. The Morgan fingerprint density at radius 1 is 1.47 bits per heavy atom. The lowest BCUT2D eigenvalue weighted by atomic mass is 9.91. The highest BCUT2D eigenvalue weighted by atomic mass is 16.2. The fraction of sp³-hybridized carbons (Fsp3) is 0.438. The van der Waals surface area contributed by atoms with E-state index in [-0.39, 0.29) is 5.91 Å². The Morgan fingerprint density at radius 2 is 2.21 bits per heavy atom. The summed E-state index contributed by atoms with van der Waals surface area (Å²) >= 11 is 0. The lowest BCUT2D eigenvalue weighted by molar-refractivity contribution is 0.0652. The third kappa shape index (κ3) is 2.97. The van der Waals surface area contributed by atoms with Gasteiger partial charge in [0.05, 0.1) is 6.54 Å². The van der Waals surface area contributed by atoms with Crippen molar-refractivity contribution in [3.63, 3.8) is 0 Å². The first-order valence-electron chi connectivity index (χ1n) is 6.70. The standard InChI is InChI=1S/C16H20N2O/c1-12-11-14(9-8-13(12)5-4-10-17)16(19)18(2)15-6-3-7-15/h8-9,11,15H,3,6-7,10,17H2,1-2H3. The first-order chi connectivity index (χ1) is 9.13. The Labute approximate surface area is 114 Å². The molecular formula is C16H20N2O. The zero-order valence-electron chi connectivity index (χ0n) is 11.6. The van der Waals surface area contributed by atoms with Gasteiger partial charge in [0.25, 0.3) is 5.91 Å². The number of aryl methyl sites for hydroxylation is 1. The van der Waals surface area contributed by atoms with Gasteiger partial charge >= 0.3 is 0 Å². The minimum atomic E-state index is 0.103. The largest absolute Gasteiger partial charge is 0.339 e. The summed E-state index contributed by atoms with van der Waals surface area (Å²) < 4.78 is 0. The Bertz CT molecular complexity index is 535. The number of hydrogen-bond acceptors (Lipinski definition) is 2. The van der Waals surface area contributed by atoms with Crippen LogP contribution >= 0.6 is 0 Å². The van der Waals surface area contributed by atoms with Gasteiger partial charge in [0.15, 0.2) is 0 Å². The van der Waals surface area contributed by atoms with Crippen LogP contribution in [-0.4, -0.2) is 30.4 Å². The molecule has 1 saturated carbocycles. The van der Waals surface area contributed by atoms with Crippen LogP contribution < -0.4 is 5.73 Å². The zero-order valence-corrected chi connectivity index (χ0v) is 11.6. The Hall–Kier alpha value is -1.79. The van der Waals surface area contributed by atoms with Crippen LogP contribution in [0.5, 0.6) is 0 Å². The fourth-order valence-corrected chi connectivity index (χ4v) is 2.23. The third-order valence-corrected chi connectivity index (χ3v) is 3.74. The smallest absolute Gasteiger partial charge is 0.253 e. The lowest BCUT2D eigenvalue weighted by Crippen LogP contribution is -2.41. The first-order valence-corrected chi connectivity index (χ1v) is 6.70. The summed E-state index contributed by atoms with van der Waals surface area (Å²) in [5.74, 6) is 5.95. The second-order valence-electron chi connectivity index (χ2n) is 5.04. The van der Waals surface area contributed by atoms with Crippen molar-refractivity contribution in [2.24, 2.45) is 5.73 Å². The van der Waals surface area contributed by atoms with Gasteiger partial charge < -0.3 is 10.6 Å². The third-order valence-electron chi connectivity index (χ3n) is 3.74. The Kier molecular flexibility index (Phi) is 4.24. The van der Waals surface area contributed by atoms with Gasteiger partial charge in [-0.15, -0.1) is 0 Å². The van der Waals surface area contributed by atoms with Crippen LogP contribution in [0.2, 0.25) is 0 Å². The molecular weight excluding hydrogens is 236 g/mol. The molecule has 0 aliphatic heterocycles. The molecule has 1 aromatic rings. The quantitative estimate of drug-likeness (QED) is 0.822. The van der Waals surface area contributed by atoms with Crippen LogP contribution in [0, 0.1) is 18.8 Å². The van der Waals surface area contributed by atoms with Crippen molar-refractivity contribution < 1.29 is 4.79 Å². The van der Waals surface area contributed by atoms with Crippen LogP contribution in [0.15, 0.2) is 18.2 Å². The maximum atomic E-state index is 12.3. The van der Waals surface area contributed by atoms with E-state index >= 15 is 0 Å². The molecule has 0 unspecified atom stereocenters. The molecule has 2 N–H and O–H groups in total. The Morgan fingerprint density at radius 3 is 2.74 bits per heavy atom. The second kappa shape index (κ2) is 5.90. The molecule has 0 saturated heterocycles. The van der Waals surface area contributed by atoms with Crippen LogP contribution in [0.3, 0.4) is 0 Å². The summed E-state index contributed by atoms with van der Waals surface area (Å²) in [5.41, 5.74) is 8.07. The minimum Gasteiger partial charge on any atom is -0.339 e. The van der Waals surface area contributed by atoms with E-state index in [4.69, 9.17) is 5.73 Å². The number of hydrogen-bond donors (Lipinski definition) is 1. The van der Waals surface area contributed by atoms with Crippen molar-refractivity contribution in [2.75, 3.05) is 13.6 Å². The van der Waals surface area contributed by atoms with Crippen molar-refractivity contribution in [3.05, 3.63) is 34.9 Å². The summed E-state index contributed by atoms with van der Waals surface area (Å²) in [5, 5.41) is 0. The highest BCUT2D eigenvalue weighted by Crippen LogP contribution is 2.25. The highest BCUT2D eigenvalue weighted by molar-refractivity contribution is 5.94. The minimum absolute atomic E-state index is 0.103. The van der Waals surface area contributed by atoms with E-state index in [1.165, 1.54) is 6.42 Å². The predicted octanol–water partition coefficient (Wildman–Crippen LogP) is 1.93. The molecule has 2 rings (SSSR count). The van der Waals surface area contributed by atoms with Crippen LogP contribution in [0.1, 0.15) is 40.7 Å². The van der Waals surface area contributed by atoms with Gasteiger partial charge in [-0.3, -0.25) is 4.79 Å². The molecule has 0 atom stereocenters. The van der Waals surface area contributed by atoms with Crippen molar-refractivity contribution >= 4 is 5.91 Å². The summed E-state index contributed by atoms with van der Waals surface area (Å²) in [7, 11) is 1.89. The number of benzene rings is 1. The lowest BCUT2D eigenvalue weighted by Gasteiger charge is -2.34. The maximum Gasteiger partial charge on any atom is 0.253 e. The highest BCUT2D eigenvalue weighted by Gasteiger charge is 2.26. The summed E-state index contributed by atoms with van der Waals surface area (Å²) in [4.78, 5) is 14.2. The molecule has 3 heteroatoms. The molecule has 3 nitrogen and oxygen atoms in total. The van der Waals surface area contributed by atoms with E-state index < -0.39 is 0 Å². The van der Waals surface area contributed by atoms with E-state index in [2.05, 4.69) is 11.8 Å². The Balaban J connectivity index is 2.16. The average molecular weight is 256 g/mol. The summed E-state index contributed by atoms with van der Waals surface area (Å²) in [6.07, 6.45) is 3.48. The van der Waals surface area contributed by atoms with Crippen LogP contribution in [-0.2, 0) is 0 Å². The molecule has 1 amide bonds. The van der Waals surface area contributed by atoms with Gasteiger partial charge in [0.2, 0.25) is 0 Å². The molecule has 0 spiro atoms. The number of rotatable bonds is 2. The number of carbonyl (C=O) groups is 1. The molecule has 19 heavy (non-hydrogen) atoms. The molecule has 1 aromatic carbocycles. The van der Waals surface area contributed by atoms with Gasteiger partial charge in [-0.25, -0.2) is 0 Å². The van der Waals surface area contributed by atoms with E-state index in [0.717, 1.165) is 29.5 Å². The molecule has 0 radical (unpaired) electrons. The van der Waals surface area contributed by atoms with Crippen molar-refractivity contribution in [1.82, 2.24) is 4.90 Å². The van der Waals surface area contributed by atoms with Crippen molar-refractivity contribution in [2.45, 2.75) is 32.2 Å². The van der Waals surface area contributed by atoms with E-state index in [1.54, 1.807) is 0 Å². The van der Waals surface area contributed by atoms with Gasteiger partial charge in [-0.05, 0) is 49.9 Å². The zero-order chi connectivity index (χ0) is 13.8. The molecule has 100 valence electrons. The van der Waals surface area contributed by atoms with E-state index in [1.807, 2.05) is 37.1 Å². The molecule has 1 fully saturated rings. The number of nitrogens with two attached hydrogens (primary N) is 1. The number of nitrogens with zero attached hydrogens (tertiary/aromatic N) is 1. The number of carbonyl (C=O) groups excluding carboxylic acids is 1.